The van der Waals surface area contributed by atoms with Gasteiger partial charge in [-0.3, -0.25) is 0 Å². The van der Waals surface area contributed by atoms with Crippen LogP contribution in [0, 0.1) is 0 Å². The molecule has 1 nitrogen and oxygen atoms in total. The number of nitrogens with zero attached hydrogens (tertiary/aromatic N) is 1. The van der Waals surface area contributed by atoms with Gasteiger partial charge in [0.1, 0.15) is 0 Å². The summed E-state index contributed by atoms with van der Waals surface area (Å²) >= 11 is 1.99. The van der Waals surface area contributed by atoms with Gasteiger partial charge in [-0.15, -0.1) is 11.8 Å². The predicted molar refractivity (Wildman–Crippen MR) is 64.4 cm³/mol. The lowest BCUT2D eigenvalue weighted by atomic mass is 10.1. The number of benzene rings is 1. The lowest BCUT2D eigenvalue weighted by Gasteiger charge is -2.33. The summed E-state index contributed by atoms with van der Waals surface area (Å²) in [6.45, 7) is 4.49. The Hall–Kier alpha value is -0.630. The molecule has 0 saturated heterocycles. The van der Waals surface area contributed by atoms with Crippen LogP contribution in [0.4, 0.5) is 5.69 Å². The molecule has 76 valence electrons. The number of hydrogen-bond acceptors (Lipinski definition) is 2. The van der Waals surface area contributed by atoms with Gasteiger partial charge < -0.3 is 4.90 Å². The predicted octanol–water partition coefficient (Wildman–Crippen LogP) is 3.18. The zero-order valence-electron chi connectivity index (χ0n) is 9.08. The molecule has 0 N–H and O–H groups in total. The van der Waals surface area contributed by atoms with Gasteiger partial charge in [-0.25, -0.2) is 0 Å². The Morgan fingerprint density at radius 2 is 2.29 bits per heavy atom. The Balaban J connectivity index is 2.38. The number of aryl methyl sites for hydroxylation is 1. The molecule has 0 fully saturated rings. The van der Waals surface area contributed by atoms with E-state index >= 15 is 0 Å². The maximum Gasteiger partial charge on any atom is 0.0504 e. The Kier molecular flexibility index (Phi) is 2.73. The highest BCUT2D eigenvalue weighted by Crippen LogP contribution is 2.36. The fraction of sp³-hybridized carbons (Fsp3) is 0.500. The van der Waals surface area contributed by atoms with E-state index in [1.54, 1.807) is 0 Å². The van der Waals surface area contributed by atoms with E-state index in [1.165, 1.54) is 21.9 Å². The second kappa shape index (κ2) is 3.85. The SMILES string of the molecule is CCc1ccc2c(c1)SCC(C)N2C. The summed E-state index contributed by atoms with van der Waals surface area (Å²) in [5.41, 5.74) is 2.84. The van der Waals surface area contributed by atoms with Crippen LogP contribution in [0.1, 0.15) is 19.4 Å². The van der Waals surface area contributed by atoms with Crippen LogP contribution in [0.2, 0.25) is 0 Å². The van der Waals surface area contributed by atoms with Crippen molar-refractivity contribution >= 4 is 17.4 Å². The average Bonchev–Trinajstić information content (AvgIpc) is 2.23. The third kappa shape index (κ3) is 1.63. The quantitative estimate of drug-likeness (QED) is 0.696. The van der Waals surface area contributed by atoms with Crippen LogP contribution in [0.3, 0.4) is 0 Å². The normalized spacial score (nSPS) is 20.8. The molecule has 0 saturated carbocycles. The molecular weight excluding hydrogens is 190 g/mol. The van der Waals surface area contributed by atoms with Crippen LogP contribution >= 0.6 is 11.8 Å². The molecule has 0 amide bonds. The molecule has 0 bridgehead atoms. The van der Waals surface area contributed by atoms with Crippen molar-refractivity contribution in [1.82, 2.24) is 0 Å². The van der Waals surface area contributed by atoms with Crippen LogP contribution in [0.25, 0.3) is 0 Å². The lowest BCUT2D eigenvalue weighted by Crippen LogP contribution is -2.33. The first-order chi connectivity index (χ1) is 6.72. The van der Waals surface area contributed by atoms with Gasteiger partial charge in [-0.05, 0) is 31.0 Å². The molecule has 1 atom stereocenters. The first-order valence-electron chi connectivity index (χ1n) is 5.21. The summed E-state index contributed by atoms with van der Waals surface area (Å²) in [6.07, 6.45) is 1.13. The van der Waals surface area contributed by atoms with Gasteiger partial charge >= 0.3 is 0 Å². The Labute approximate surface area is 90.5 Å². The third-order valence-electron chi connectivity index (χ3n) is 2.95. The third-order valence-corrected chi connectivity index (χ3v) is 4.24. The number of anilines is 1. The van der Waals surface area contributed by atoms with E-state index in [0.29, 0.717) is 6.04 Å². The minimum Gasteiger partial charge on any atom is -0.370 e. The van der Waals surface area contributed by atoms with Crippen molar-refractivity contribution in [3.63, 3.8) is 0 Å². The van der Waals surface area contributed by atoms with Gasteiger partial charge in [-0.1, -0.05) is 13.0 Å². The van der Waals surface area contributed by atoms with E-state index in [4.69, 9.17) is 0 Å². The molecule has 0 radical (unpaired) electrons. The molecule has 1 heterocycles. The van der Waals surface area contributed by atoms with E-state index in [-0.39, 0.29) is 0 Å². The summed E-state index contributed by atoms with van der Waals surface area (Å²) in [5.74, 6) is 1.21. The zero-order valence-corrected chi connectivity index (χ0v) is 9.90. The molecule has 0 aromatic heterocycles. The molecule has 2 rings (SSSR count). The van der Waals surface area contributed by atoms with Crippen molar-refractivity contribution < 1.29 is 0 Å². The van der Waals surface area contributed by atoms with Crippen molar-refractivity contribution in [2.75, 3.05) is 17.7 Å². The van der Waals surface area contributed by atoms with E-state index in [9.17, 15) is 0 Å². The molecule has 1 aromatic rings. The van der Waals surface area contributed by atoms with E-state index < -0.39 is 0 Å². The van der Waals surface area contributed by atoms with Gasteiger partial charge in [0.05, 0.1) is 5.69 Å². The van der Waals surface area contributed by atoms with Crippen LogP contribution in [0.5, 0.6) is 0 Å². The zero-order chi connectivity index (χ0) is 10.1. The van der Waals surface area contributed by atoms with Crippen molar-refractivity contribution in [3.8, 4) is 0 Å². The summed E-state index contributed by atoms with van der Waals surface area (Å²) in [7, 11) is 2.19. The lowest BCUT2D eigenvalue weighted by molar-refractivity contribution is 0.747. The van der Waals surface area contributed by atoms with Gasteiger partial charge in [0.25, 0.3) is 0 Å². The Morgan fingerprint density at radius 1 is 1.50 bits per heavy atom. The number of rotatable bonds is 1. The maximum atomic E-state index is 2.38. The molecule has 0 spiro atoms. The summed E-state index contributed by atoms with van der Waals surface area (Å²) in [5, 5.41) is 0. The molecule has 1 unspecified atom stereocenters. The summed E-state index contributed by atoms with van der Waals surface area (Å²) in [6, 6.07) is 7.49. The van der Waals surface area contributed by atoms with Crippen molar-refractivity contribution in [3.05, 3.63) is 23.8 Å². The molecule has 1 aliphatic heterocycles. The minimum absolute atomic E-state index is 0.653. The first kappa shape index (κ1) is 9.91. The maximum absolute atomic E-state index is 2.38. The molecule has 14 heavy (non-hydrogen) atoms. The smallest absolute Gasteiger partial charge is 0.0504 e. The molecule has 0 aliphatic carbocycles. The fourth-order valence-electron chi connectivity index (χ4n) is 1.75. The Morgan fingerprint density at radius 3 is 3.00 bits per heavy atom. The van der Waals surface area contributed by atoms with Gasteiger partial charge in [0.2, 0.25) is 0 Å². The standard InChI is InChI=1S/C12H17NS/c1-4-10-5-6-11-12(7-10)14-8-9(2)13(11)3/h5-7,9H,4,8H2,1-3H3. The highest BCUT2D eigenvalue weighted by atomic mass is 32.2. The van der Waals surface area contributed by atoms with Crippen molar-refractivity contribution in [2.45, 2.75) is 31.2 Å². The fourth-order valence-corrected chi connectivity index (χ4v) is 2.98. The molecule has 1 aromatic carbocycles. The number of thioether (sulfide) groups is 1. The molecule has 1 aliphatic rings. The van der Waals surface area contributed by atoms with Gasteiger partial charge in [-0.2, -0.15) is 0 Å². The summed E-state index contributed by atoms with van der Waals surface area (Å²) < 4.78 is 0. The monoisotopic (exact) mass is 207 g/mol. The van der Waals surface area contributed by atoms with E-state index in [1.807, 2.05) is 11.8 Å². The topological polar surface area (TPSA) is 3.24 Å². The first-order valence-corrected chi connectivity index (χ1v) is 6.19. The minimum atomic E-state index is 0.653. The van der Waals surface area contributed by atoms with Crippen LogP contribution in [-0.4, -0.2) is 18.8 Å². The second-order valence-electron chi connectivity index (χ2n) is 3.93. The number of fused-ring (bicyclic) bond motifs is 1. The van der Waals surface area contributed by atoms with E-state index in [0.717, 1.165) is 6.42 Å². The highest BCUT2D eigenvalue weighted by molar-refractivity contribution is 7.99. The van der Waals surface area contributed by atoms with Crippen molar-refractivity contribution in [1.29, 1.82) is 0 Å². The van der Waals surface area contributed by atoms with Crippen molar-refractivity contribution in [2.24, 2.45) is 0 Å². The average molecular weight is 207 g/mol. The largest absolute Gasteiger partial charge is 0.370 e. The molecule has 2 heteroatoms. The second-order valence-corrected chi connectivity index (χ2v) is 4.99. The van der Waals surface area contributed by atoms with E-state index in [2.05, 4.69) is 44.0 Å². The van der Waals surface area contributed by atoms with Crippen LogP contribution in [0.15, 0.2) is 23.1 Å². The van der Waals surface area contributed by atoms with Gasteiger partial charge in [0, 0.05) is 23.7 Å². The molecular formula is C12H17NS. The number of hydrogen-bond donors (Lipinski definition) is 0. The van der Waals surface area contributed by atoms with Crippen LogP contribution in [-0.2, 0) is 6.42 Å². The van der Waals surface area contributed by atoms with Gasteiger partial charge in [0.15, 0.2) is 0 Å². The Bertz CT molecular complexity index is 335. The highest BCUT2D eigenvalue weighted by Gasteiger charge is 2.19. The summed E-state index contributed by atoms with van der Waals surface area (Å²) in [4.78, 5) is 3.83. The van der Waals surface area contributed by atoms with Crippen LogP contribution < -0.4 is 4.90 Å².